The normalized spacial score (nSPS) is 18.7. The highest BCUT2D eigenvalue weighted by molar-refractivity contribution is 7.99. The Hall–Kier alpha value is -1.35. The molecule has 0 bridgehead atoms. The maximum absolute atomic E-state index is 11.8. The Morgan fingerprint density at radius 1 is 1.50 bits per heavy atom. The fraction of sp³-hybridized carbons (Fsp3) is 0.667. The first-order valence-electron chi connectivity index (χ1n) is 5.93. The third kappa shape index (κ3) is 5.32. The number of hydrogen-bond donors (Lipinski definition) is 2. The average molecular weight is 270 g/mol. The summed E-state index contributed by atoms with van der Waals surface area (Å²) in [6.07, 6.45) is 8.63. The van der Waals surface area contributed by atoms with Gasteiger partial charge in [0.1, 0.15) is 6.54 Å². The van der Waals surface area contributed by atoms with Crippen molar-refractivity contribution in [3.05, 3.63) is 0 Å². The van der Waals surface area contributed by atoms with E-state index in [1.165, 1.54) is 12.8 Å². The van der Waals surface area contributed by atoms with Gasteiger partial charge in [-0.15, -0.1) is 6.42 Å². The molecule has 1 saturated heterocycles. The summed E-state index contributed by atoms with van der Waals surface area (Å²) < 4.78 is 0. The maximum Gasteiger partial charge on any atom is 0.323 e. The van der Waals surface area contributed by atoms with Crippen LogP contribution in [0.15, 0.2) is 0 Å². The number of carboxylic acid groups (broad SMARTS) is 1. The molecule has 100 valence electrons. The third-order valence-electron chi connectivity index (χ3n) is 2.65. The highest BCUT2D eigenvalue weighted by atomic mass is 32.2. The number of aliphatic carboxylic acids is 1. The van der Waals surface area contributed by atoms with E-state index in [0.717, 1.165) is 17.1 Å². The lowest BCUT2D eigenvalue weighted by Crippen LogP contribution is -2.45. The Balaban J connectivity index is 2.35. The van der Waals surface area contributed by atoms with Gasteiger partial charge in [-0.1, -0.05) is 12.3 Å². The second-order valence-electron chi connectivity index (χ2n) is 4.13. The van der Waals surface area contributed by atoms with Crippen LogP contribution in [-0.4, -0.2) is 52.6 Å². The van der Waals surface area contributed by atoms with Gasteiger partial charge >= 0.3 is 12.0 Å². The highest BCUT2D eigenvalue weighted by Gasteiger charge is 2.18. The Kier molecular flexibility index (Phi) is 6.44. The quantitative estimate of drug-likeness (QED) is 0.731. The maximum atomic E-state index is 11.8. The second kappa shape index (κ2) is 7.88. The fourth-order valence-electron chi connectivity index (χ4n) is 1.75. The molecule has 2 N–H and O–H groups in total. The van der Waals surface area contributed by atoms with E-state index in [1.54, 1.807) is 0 Å². The Morgan fingerprint density at radius 3 is 2.83 bits per heavy atom. The number of thioether (sulfide) groups is 1. The molecule has 0 spiro atoms. The average Bonchev–Trinajstić information content (AvgIpc) is 2.36. The summed E-state index contributed by atoms with van der Waals surface area (Å²) >= 11 is 1.85. The minimum absolute atomic E-state index is 0.00986. The van der Waals surface area contributed by atoms with Gasteiger partial charge in [0, 0.05) is 11.8 Å². The van der Waals surface area contributed by atoms with Crippen LogP contribution < -0.4 is 5.32 Å². The van der Waals surface area contributed by atoms with Crippen molar-refractivity contribution >= 4 is 23.8 Å². The van der Waals surface area contributed by atoms with Crippen molar-refractivity contribution in [2.75, 3.05) is 25.4 Å². The number of nitrogens with one attached hydrogen (secondary N) is 1. The summed E-state index contributed by atoms with van der Waals surface area (Å²) in [4.78, 5) is 23.5. The summed E-state index contributed by atoms with van der Waals surface area (Å²) in [7, 11) is 0. The Morgan fingerprint density at radius 2 is 2.28 bits per heavy atom. The van der Waals surface area contributed by atoms with Crippen LogP contribution in [0.1, 0.15) is 19.3 Å². The Bertz CT molecular complexity index is 335. The van der Waals surface area contributed by atoms with Crippen molar-refractivity contribution in [1.82, 2.24) is 10.2 Å². The third-order valence-corrected chi connectivity index (χ3v) is 4.05. The van der Waals surface area contributed by atoms with E-state index < -0.39 is 12.0 Å². The Labute approximate surface area is 111 Å². The summed E-state index contributed by atoms with van der Waals surface area (Å²) in [5.74, 6) is 2.35. The second-order valence-corrected chi connectivity index (χ2v) is 5.54. The molecule has 1 aliphatic rings. The number of carbonyl (C=O) groups excluding carboxylic acids is 1. The molecule has 5 nitrogen and oxygen atoms in total. The van der Waals surface area contributed by atoms with Gasteiger partial charge in [-0.3, -0.25) is 4.79 Å². The van der Waals surface area contributed by atoms with Crippen LogP contribution in [0.25, 0.3) is 0 Å². The SMILES string of the molecule is C#CCN(CC(=O)O)C(=O)NCC1CCCCS1. The molecular formula is C12H18N2O3S. The monoisotopic (exact) mass is 270 g/mol. The van der Waals surface area contributed by atoms with Crippen LogP contribution in [0.4, 0.5) is 4.79 Å². The van der Waals surface area contributed by atoms with Crippen molar-refractivity contribution in [3.8, 4) is 12.3 Å². The van der Waals surface area contributed by atoms with Gasteiger partial charge in [0.25, 0.3) is 0 Å². The van der Waals surface area contributed by atoms with Crippen molar-refractivity contribution in [2.45, 2.75) is 24.5 Å². The lowest BCUT2D eigenvalue weighted by molar-refractivity contribution is -0.137. The molecule has 1 unspecified atom stereocenters. The van der Waals surface area contributed by atoms with E-state index >= 15 is 0 Å². The van der Waals surface area contributed by atoms with E-state index in [4.69, 9.17) is 11.5 Å². The lowest BCUT2D eigenvalue weighted by atomic mass is 10.2. The topological polar surface area (TPSA) is 69.6 Å². The highest BCUT2D eigenvalue weighted by Crippen LogP contribution is 2.24. The minimum Gasteiger partial charge on any atom is -0.480 e. The fourth-order valence-corrected chi connectivity index (χ4v) is 2.99. The number of nitrogens with zero attached hydrogens (tertiary/aromatic N) is 1. The molecule has 1 heterocycles. The van der Waals surface area contributed by atoms with Gasteiger partial charge in [0.15, 0.2) is 0 Å². The molecule has 0 radical (unpaired) electrons. The molecular weight excluding hydrogens is 252 g/mol. The molecule has 1 fully saturated rings. The van der Waals surface area contributed by atoms with Gasteiger partial charge in [0.2, 0.25) is 0 Å². The minimum atomic E-state index is -1.06. The van der Waals surface area contributed by atoms with Crippen molar-refractivity contribution in [2.24, 2.45) is 0 Å². The van der Waals surface area contributed by atoms with E-state index in [0.29, 0.717) is 11.8 Å². The van der Waals surface area contributed by atoms with Crippen molar-refractivity contribution in [1.29, 1.82) is 0 Å². The van der Waals surface area contributed by atoms with Gasteiger partial charge in [-0.2, -0.15) is 11.8 Å². The molecule has 0 aliphatic carbocycles. The zero-order valence-corrected chi connectivity index (χ0v) is 11.0. The first kappa shape index (κ1) is 14.7. The van der Waals surface area contributed by atoms with Crippen LogP contribution in [0, 0.1) is 12.3 Å². The van der Waals surface area contributed by atoms with Crippen LogP contribution in [-0.2, 0) is 4.79 Å². The van der Waals surface area contributed by atoms with E-state index in [2.05, 4.69) is 11.2 Å². The number of hydrogen-bond acceptors (Lipinski definition) is 3. The number of rotatable bonds is 5. The first-order valence-corrected chi connectivity index (χ1v) is 6.98. The van der Waals surface area contributed by atoms with Crippen LogP contribution in [0.3, 0.4) is 0 Å². The molecule has 0 aromatic heterocycles. The van der Waals surface area contributed by atoms with Gasteiger partial charge in [-0.05, 0) is 18.6 Å². The molecule has 0 aromatic carbocycles. The smallest absolute Gasteiger partial charge is 0.323 e. The summed E-state index contributed by atoms with van der Waals surface area (Å²) in [5.41, 5.74) is 0. The number of terminal acetylenes is 1. The lowest BCUT2D eigenvalue weighted by Gasteiger charge is -2.24. The molecule has 1 atom stereocenters. The molecule has 2 amide bonds. The zero-order valence-electron chi connectivity index (χ0n) is 10.2. The number of carbonyl (C=O) groups is 2. The van der Waals surface area contributed by atoms with Crippen LogP contribution in [0.5, 0.6) is 0 Å². The number of carboxylic acids is 1. The van der Waals surface area contributed by atoms with Crippen molar-refractivity contribution in [3.63, 3.8) is 0 Å². The van der Waals surface area contributed by atoms with E-state index in [9.17, 15) is 9.59 Å². The summed E-state index contributed by atoms with van der Waals surface area (Å²) in [5, 5.41) is 11.9. The molecule has 1 rings (SSSR count). The molecule has 1 aliphatic heterocycles. The van der Waals surface area contributed by atoms with E-state index in [-0.39, 0.29) is 13.1 Å². The first-order chi connectivity index (χ1) is 8.63. The predicted octanol–water partition coefficient (Wildman–Crippen LogP) is 1.00. The predicted molar refractivity (Wildman–Crippen MR) is 71.5 cm³/mol. The van der Waals surface area contributed by atoms with Crippen LogP contribution >= 0.6 is 11.8 Å². The number of amides is 2. The van der Waals surface area contributed by atoms with Gasteiger partial charge in [-0.25, -0.2) is 4.79 Å². The largest absolute Gasteiger partial charge is 0.480 e. The molecule has 6 heteroatoms. The van der Waals surface area contributed by atoms with Gasteiger partial charge < -0.3 is 15.3 Å². The molecule has 0 aromatic rings. The standard InChI is InChI=1S/C12H18N2O3S/c1-2-6-14(9-11(15)16)12(17)13-8-10-5-3-4-7-18-10/h1,10H,3-9H2,(H,13,17)(H,15,16). The number of urea groups is 1. The van der Waals surface area contributed by atoms with Gasteiger partial charge in [0.05, 0.1) is 6.54 Å². The van der Waals surface area contributed by atoms with Crippen LogP contribution in [0.2, 0.25) is 0 Å². The summed E-state index contributed by atoms with van der Waals surface area (Å²) in [6.45, 7) is 0.216. The molecule has 0 saturated carbocycles. The van der Waals surface area contributed by atoms with E-state index in [1.807, 2.05) is 11.8 Å². The van der Waals surface area contributed by atoms with Crippen molar-refractivity contribution < 1.29 is 14.7 Å². The zero-order chi connectivity index (χ0) is 13.4. The molecule has 18 heavy (non-hydrogen) atoms. The summed E-state index contributed by atoms with van der Waals surface area (Å²) in [6, 6.07) is -0.401.